The summed E-state index contributed by atoms with van der Waals surface area (Å²) in [4.78, 5) is 0.986. The van der Waals surface area contributed by atoms with Crippen molar-refractivity contribution in [1.29, 1.82) is 0 Å². The van der Waals surface area contributed by atoms with Crippen LogP contribution in [0.3, 0.4) is 0 Å². The normalized spacial score (nSPS) is 10.6. The minimum atomic E-state index is -0.293. The molecule has 4 heteroatoms. The minimum Gasteiger partial charge on any atom is -0.355 e. The maximum absolute atomic E-state index is 13.5. The molecule has 0 unspecified atom stereocenters. The van der Waals surface area contributed by atoms with Crippen molar-refractivity contribution in [2.45, 2.75) is 0 Å². The molecule has 0 bridgehead atoms. The molecule has 0 saturated heterocycles. The van der Waals surface area contributed by atoms with Crippen LogP contribution in [0.15, 0.2) is 52.4 Å². The molecule has 3 aromatic rings. The molecule has 0 amide bonds. The molecular formula is C13H8FNOS. The van der Waals surface area contributed by atoms with Crippen LogP contribution < -0.4 is 0 Å². The number of hydrogen-bond acceptors (Lipinski definition) is 3. The highest BCUT2D eigenvalue weighted by Gasteiger charge is 2.11. The lowest BCUT2D eigenvalue weighted by Gasteiger charge is -1.95. The van der Waals surface area contributed by atoms with Gasteiger partial charge in [0, 0.05) is 11.6 Å². The number of nitrogens with zero attached hydrogens (tertiary/aromatic N) is 1. The Hall–Kier alpha value is -1.94. The molecule has 2 nitrogen and oxygen atoms in total. The summed E-state index contributed by atoms with van der Waals surface area (Å²) < 4.78 is 18.8. The Labute approximate surface area is 101 Å². The van der Waals surface area contributed by atoms with Crippen LogP contribution in [0.25, 0.3) is 21.9 Å². The number of hydrogen-bond donors (Lipinski definition) is 0. The van der Waals surface area contributed by atoms with Gasteiger partial charge in [-0.05, 0) is 23.6 Å². The van der Waals surface area contributed by atoms with E-state index in [0.29, 0.717) is 17.0 Å². The van der Waals surface area contributed by atoms with Gasteiger partial charge in [0.05, 0.1) is 4.88 Å². The molecule has 0 atom stereocenters. The second-order valence-corrected chi connectivity index (χ2v) is 4.48. The van der Waals surface area contributed by atoms with E-state index < -0.39 is 0 Å². The van der Waals surface area contributed by atoms with Crippen LogP contribution >= 0.6 is 11.3 Å². The predicted molar refractivity (Wildman–Crippen MR) is 65.2 cm³/mol. The summed E-state index contributed by atoms with van der Waals surface area (Å²) in [5.41, 5.74) is 0.977. The molecule has 0 N–H and O–H groups in total. The van der Waals surface area contributed by atoms with Crippen LogP contribution in [-0.2, 0) is 0 Å². The third-order valence-corrected chi connectivity index (χ3v) is 3.31. The zero-order valence-electron chi connectivity index (χ0n) is 8.76. The van der Waals surface area contributed by atoms with Crippen LogP contribution in [0, 0.1) is 5.82 Å². The Morgan fingerprint density at radius 2 is 2.00 bits per heavy atom. The first-order valence-corrected chi connectivity index (χ1v) is 5.98. The van der Waals surface area contributed by atoms with Crippen LogP contribution in [0.4, 0.5) is 4.39 Å². The van der Waals surface area contributed by atoms with Gasteiger partial charge in [0.15, 0.2) is 5.76 Å². The van der Waals surface area contributed by atoms with E-state index in [1.54, 1.807) is 35.6 Å². The smallest absolute Gasteiger partial charge is 0.177 e. The van der Waals surface area contributed by atoms with E-state index >= 15 is 0 Å². The monoisotopic (exact) mass is 245 g/mol. The lowest BCUT2D eigenvalue weighted by molar-refractivity contribution is 0.435. The van der Waals surface area contributed by atoms with Crippen molar-refractivity contribution < 1.29 is 8.91 Å². The maximum Gasteiger partial charge on any atom is 0.177 e. The maximum atomic E-state index is 13.5. The molecule has 1 aromatic carbocycles. The molecule has 84 valence electrons. The summed E-state index contributed by atoms with van der Waals surface area (Å²) in [7, 11) is 0. The molecule has 2 aromatic heterocycles. The topological polar surface area (TPSA) is 26.0 Å². The van der Waals surface area contributed by atoms with E-state index in [1.807, 2.05) is 17.5 Å². The van der Waals surface area contributed by atoms with Crippen LogP contribution in [0.1, 0.15) is 0 Å². The van der Waals surface area contributed by atoms with Crippen LogP contribution in [-0.4, -0.2) is 5.16 Å². The Morgan fingerprint density at radius 3 is 2.76 bits per heavy atom. The fourth-order valence-electron chi connectivity index (χ4n) is 1.61. The molecule has 3 rings (SSSR count). The molecule has 0 aliphatic heterocycles. The number of rotatable bonds is 2. The fourth-order valence-corrected chi connectivity index (χ4v) is 2.28. The average Bonchev–Trinajstić information content (AvgIpc) is 3.00. The fraction of sp³-hybridized carbons (Fsp3) is 0. The van der Waals surface area contributed by atoms with Crippen molar-refractivity contribution in [3.05, 3.63) is 53.7 Å². The molecule has 0 spiro atoms. The van der Waals surface area contributed by atoms with E-state index in [9.17, 15) is 4.39 Å². The van der Waals surface area contributed by atoms with Crippen molar-refractivity contribution in [1.82, 2.24) is 5.16 Å². The molecule has 0 aliphatic rings. The zero-order valence-corrected chi connectivity index (χ0v) is 9.58. The summed E-state index contributed by atoms with van der Waals surface area (Å²) >= 11 is 1.56. The number of thiophene rings is 1. The molecule has 0 radical (unpaired) electrons. The third-order valence-electron chi connectivity index (χ3n) is 2.42. The van der Waals surface area contributed by atoms with Crippen molar-refractivity contribution >= 4 is 11.3 Å². The predicted octanol–water partition coefficient (Wildman–Crippen LogP) is 4.21. The first-order chi connectivity index (χ1) is 8.34. The van der Waals surface area contributed by atoms with E-state index in [-0.39, 0.29) is 5.82 Å². The first-order valence-electron chi connectivity index (χ1n) is 5.10. The number of halogens is 1. The largest absolute Gasteiger partial charge is 0.355 e. The highest BCUT2D eigenvalue weighted by atomic mass is 32.1. The summed E-state index contributed by atoms with van der Waals surface area (Å²) in [6.45, 7) is 0. The molecule has 17 heavy (non-hydrogen) atoms. The average molecular weight is 245 g/mol. The van der Waals surface area contributed by atoms with Gasteiger partial charge in [0.2, 0.25) is 0 Å². The lowest BCUT2D eigenvalue weighted by atomic mass is 10.1. The zero-order chi connectivity index (χ0) is 11.7. The highest BCUT2D eigenvalue weighted by Crippen LogP contribution is 2.29. The van der Waals surface area contributed by atoms with Crippen LogP contribution in [0.5, 0.6) is 0 Å². The third kappa shape index (κ3) is 1.87. The Morgan fingerprint density at radius 1 is 1.12 bits per heavy atom. The summed E-state index contributed by atoms with van der Waals surface area (Å²) in [5, 5.41) is 5.85. The van der Waals surface area contributed by atoms with Gasteiger partial charge in [0.25, 0.3) is 0 Å². The molecule has 0 aliphatic carbocycles. The highest BCUT2D eigenvalue weighted by molar-refractivity contribution is 7.13. The molecular weight excluding hydrogens is 237 g/mol. The van der Waals surface area contributed by atoms with E-state index in [1.165, 1.54) is 6.07 Å². The molecule has 0 saturated carbocycles. The van der Waals surface area contributed by atoms with E-state index in [2.05, 4.69) is 5.16 Å². The standard InChI is InChI=1S/C13H8FNOS/c14-10-5-2-1-4-9(10)11-8-12(16-15-11)13-6-3-7-17-13/h1-8H. The van der Waals surface area contributed by atoms with E-state index in [4.69, 9.17) is 4.52 Å². The van der Waals surface area contributed by atoms with Gasteiger partial charge in [0.1, 0.15) is 11.5 Å². The number of benzene rings is 1. The lowest BCUT2D eigenvalue weighted by Crippen LogP contribution is -1.82. The summed E-state index contributed by atoms with van der Waals surface area (Å²) in [5.74, 6) is 0.372. The van der Waals surface area contributed by atoms with Crippen LogP contribution in [0.2, 0.25) is 0 Å². The van der Waals surface area contributed by atoms with Crippen molar-refractivity contribution in [2.24, 2.45) is 0 Å². The number of aromatic nitrogens is 1. The van der Waals surface area contributed by atoms with Gasteiger partial charge in [-0.3, -0.25) is 0 Å². The van der Waals surface area contributed by atoms with Gasteiger partial charge < -0.3 is 4.52 Å². The van der Waals surface area contributed by atoms with Gasteiger partial charge in [-0.2, -0.15) is 0 Å². The van der Waals surface area contributed by atoms with Crippen molar-refractivity contribution in [3.63, 3.8) is 0 Å². The summed E-state index contributed by atoms with van der Waals surface area (Å²) in [6.07, 6.45) is 0. The Balaban J connectivity index is 2.04. The van der Waals surface area contributed by atoms with Gasteiger partial charge >= 0.3 is 0 Å². The van der Waals surface area contributed by atoms with Gasteiger partial charge in [-0.1, -0.05) is 23.4 Å². The minimum absolute atomic E-state index is 0.293. The molecule has 0 fully saturated rings. The van der Waals surface area contributed by atoms with E-state index in [0.717, 1.165) is 4.88 Å². The van der Waals surface area contributed by atoms with Crippen molar-refractivity contribution in [3.8, 4) is 21.9 Å². The van der Waals surface area contributed by atoms with Gasteiger partial charge in [-0.15, -0.1) is 11.3 Å². The summed E-state index contributed by atoms with van der Waals surface area (Å²) in [6, 6.07) is 12.2. The Kier molecular flexibility index (Phi) is 2.49. The second-order valence-electron chi connectivity index (χ2n) is 3.53. The first kappa shape index (κ1) is 10.2. The Bertz CT molecular complexity index is 630. The quantitative estimate of drug-likeness (QED) is 0.676. The SMILES string of the molecule is Fc1ccccc1-c1cc(-c2cccs2)on1. The second kappa shape index (κ2) is 4.14. The van der Waals surface area contributed by atoms with Crippen molar-refractivity contribution in [2.75, 3.05) is 0 Å². The van der Waals surface area contributed by atoms with Gasteiger partial charge in [-0.25, -0.2) is 4.39 Å². The molecule has 2 heterocycles.